The molecule has 210 valence electrons. The zero-order valence-electron chi connectivity index (χ0n) is 16.8. The highest BCUT2D eigenvalue weighted by molar-refractivity contribution is 9.10. The molecule has 1 nitrogen and oxygen atoms in total. The van der Waals surface area contributed by atoms with Crippen LogP contribution in [0.5, 0.6) is 0 Å². The fourth-order valence-electron chi connectivity index (χ4n) is 2.57. The molecular weight excluding hydrogens is 623 g/mol. The van der Waals surface area contributed by atoms with E-state index in [1.807, 2.05) is 0 Å². The molecule has 0 bridgehead atoms. The fraction of sp³-hybridized carbons (Fsp3) is 0.647. The van der Waals surface area contributed by atoms with Gasteiger partial charge in [-0.05, 0) is 17.7 Å². The van der Waals surface area contributed by atoms with Crippen molar-refractivity contribution in [1.82, 2.24) is 0 Å². The molecule has 0 aliphatic carbocycles. The van der Waals surface area contributed by atoms with Crippen molar-refractivity contribution in [1.29, 1.82) is 0 Å². The maximum atomic E-state index is 14.1. The van der Waals surface area contributed by atoms with Crippen molar-refractivity contribution in [2.24, 2.45) is 0 Å². The predicted octanol–water partition coefficient (Wildman–Crippen LogP) is 8.54. The van der Waals surface area contributed by atoms with Crippen LogP contribution in [0.4, 0.5) is 74.6 Å². The first-order valence-corrected chi connectivity index (χ1v) is 9.46. The monoisotopic (exact) mass is 632 g/mol. The van der Waals surface area contributed by atoms with Crippen molar-refractivity contribution in [3.8, 4) is 0 Å². The highest BCUT2D eigenvalue weighted by Gasteiger charge is 2.95. The first kappa shape index (κ1) is 32.5. The first-order chi connectivity index (χ1) is 15.7. The molecule has 1 atom stereocenters. The molecule has 19 heteroatoms. The highest BCUT2D eigenvalue weighted by atomic mass is 79.9. The van der Waals surface area contributed by atoms with Gasteiger partial charge < -0.3 is 4.74 Å². The van der Waals surface area contributed by atoms with Crippen LogP contribution in [0.15, 0.2) is 28.7 Å². The number of hydrogen-bond acceptors (Lipinski definition) is 1. The zero-order chi connectivity index (χ0) is 29.0. The number of hydrogen-bond donors (Lipinski definition) is 0. The molecule has 0 heterocycles. The summed E-state index contributed by atoms with van der Waals surface area (Å²) in [5.41, 5.74) is -0.493. The number of alkyl halides is 17. The summed E-state index contributed by atoms with van der Waals surface area (Å²) in [5, 5.41) is 0. The van der Waals surface area contributed by atoms with Gasteiger partial charge in [-0.25, -0.2) is 0 Å². The molecule has 0 N–H and O–H groups in total. The molecule has 0 radical (unpaired) electrons. The predicted molar refractivity (Wildman–Crippen MR) is 89.2 cm³/mol. The lowest BCUT2D eigenvalue weighted by Crippen LogP contribution is -2.74. The fourth-order valence-corrected chi connectivity index (χ4v) is 2.84. The number of halogens is 18. The molecule has 0 aliphatic rings. The van der Waals surface area contributed by atoms with Gasteiger partial charge in [0.25, 0.3) is 0 Å². The molecule has 1 aromatic carbocycles. The van der Waals surface area contributed by atoms with E-state index in [1.54, 1.807) is 0 Å². The quantitative estimate of drug-likeness (QED) is 0.235. The number of methoxy groups -OCH3 is 1. The van der Waals surface area contributed by atoms with Crippen molar-refractivity contribution in [3.63, 3.8) is 0 Å². The van der Waals surface area contributed by atoms with Gasteiger partial charge in [-0.1, -0.05) is 28.1 Å². The Balaban J connectivity index is 3.57. The van der Waals surface area contributed by atoms with E-state index in [1.165, 1.54) is 0 Å². The number of rotatable bonds is 10. The lowest BCUT2D eigenvalue weighted by molar-refractivity contribution is -0.462. The van der Waals surface area contributed by atoms with Gasteiger partial charge in [-0.2, -0.15) is 74.6 Å². The second-order valence-corrected chi connectivity index (χ2v) is 8.04. The lowest BCUT2D eigenvalue weighted by atomic mass is 9.87. The number of benzene rings is 1. The van der Waals surface area contributed by atoms with E-state index < -0.39 is 65.7 Å². The molecule has 0 saturated carbocycles. The van der Waals surface area contributed by atoms with Crippen LogP contribution in [0.25, 0.3) is 0 Å². The second-order valence-electron chi connectivity index (χ2n) is 7.13. The molecule has 0 amide bonds. The van der Waals surface area contributed by atoms with E-state index in [9.17, 15) is 74.6 Å². The van der Waals surface area contributed by atoms with E-state index in [4.69, 9.17) is 0 Å². The zero-order valence-corrected chi connectivity index (χ0v) is 18.4. The largest absolute Gasteiger partial charge is 0.460 e. The molecule has 0 aromatic heterocycles. The van der Waals surface area contributed by atoms with Crippen LogP contribution in [0, 0.1) is 0 Å². The summed E-state index contributed by atoms with van der Waals surface area (Å²) in [4.78, 5) is 0. The summed E-state index contributed by atoms with van der Waals surface area (Å²) < 4.78 is 231. The summed E-state index contributed by atoms with van der Waals surface area (Å²) >= 11 is 2.87. The summed E-state index contributed by atoms with van der Waals surface area (Å²) in [5.74, 6) is -56.5. The molecule has 0 spiro atoms. The third-order valence-electron chi connectivity index (χ3n) is 4.76. The molecule has 0 saturated heterocycles. The van der Waals surface area contributed by atoms with E-state index in [-0.39, 0.29) is 4.47 Å². The molecule has 1 aromatic rings. The third kappa shape index (κ3) is 4.73. The minimum absolute atomic E-state index is 0.253. The van der Waals surface area contributed by atoms with Crippen LogP contribution >= 0.6 is 15.9 Å². The van der Waals surface area contributed by atoms with Crippen molar-refractivity contribution >= 4 is 15.9 Å². The average molecular weight is 633 g/mol. The third-order valence-corrected chi connectivity index (χ3v) is 5.28. The minimum Gasteiger partial charge on any atom is -0.377 e. The van der Waals surface area contributed by atoms with Gasteiger partial charge in [0, 0.05) is 18.0 Å². The minimum atomic E-state index is -8.64. The van der Waals surface area contributed by atoms with Crippen LogP contribution in [0.2, 0.25) is 0 Å². The van der Waals surface area contributed by atoms with Gasteiger partial charge >= 0.3 is 47.6 Å². The Hall–Kier alpha value is -1.53. The normalized spacial score (nSPS) is 16.3. The Labute approximate surface area is 197 Å². The Kier molecular flexibility index (Phi) is 8.43. The maximum absolute atomic E-state index is 14.1. The Morgan fingerprint density at radius 3 is 1.25 bits per heavy atom. The summed E-state index contributed by atoms with van der Waals surface area (Å²) in [6.45, 7) is 0. The molecule has 0 fully saturated rings. The smallest absolute Gasteiger partial charge is 0.377 e. The highest BCUT2D eigenvalue weighted by Crippen LogP contribution is 2.64. The van der Waals surface area contributed by atoms with Crippen LogP contribution in [-0.4, -0.2) is 54.7 Å². The van der Waals surface area contributed by atoms with E-state index >= 15 is 0 Å². The topological polar surface area (TPSA) is 9.23 Å². The van der Waals surface area contributed by atoms with E-state index in [0.29, 0.717) is 7.11 Å². The Bertz CT molecular complexity index is 907. The Morgan fingerprint density at radius 2 is 0.917 bits per heavy atom. The van der Waals surface area contributed by atoms with E-state index in [2.05, 4.69) is 20.7 Å². The van der Waals surface area contributed by atoms with Gasteiger partial charge in [-0.15, -0.1) is 0 Å². The summed E-state index contributed by atoms with van der Waals surface area (Å²) in [7, 11) is 0.529. The van der Waals surface area contributed by atoms with Crippen LogP contribution in [0.1, 0.15) is 18.1 Å². The van der Waals surface area contributed by atoms with Crippen molar-refractivity contribution in [2.75, 3.05) is 7.11 Å². The first-order valence-electron chi connectivity index (χ1n) is 8.67. The van der Waals surface area contributed by atoms with Gasteiger partial charge in [0.1, 0.15) is 0 Å². The molecule has 1 unspecified atom stereocenters. The maximum Gasteiger partial charge on any atom is 0.460 e. The van der Waals surface area contributed by atoms with Crippen LogP contribution in [-0.2, 0) is 4.74 Å². The summed E-state index contributed by atoms with van der Waals surface area (Å²) in [6, 6.07) is 3.88. The average Bonchev–Trinajstić information content (AvgIpc) is 2.71. The van der Waals surface area contributed by atoms with Gasteiger partial charge in [0.05, 0.1) is 6.10 Å². The van der Waals surface area contributed by atoms with Crippen molar-refractivity contribution in [3.05, 3.63) is 34.3 Å². The van der Waals surface area contributed by atoms with Gasteiger partial charge in [0.15, 0.2) is 0 Å². The van der Waals surface area contributed by atoms with Crippen molar-refractivity contribution < 1.29 is 79.4 Å². The molecule has 1 rings (SSSR count). The van der Waals surface area contributed by atoms with Gasteiger partial charge in [0.2, 0.25) is 0 Å². The van der Waals surface area contributed by atoms with Gasteiger partial charge in [-0.3, -0.25) is 0 Å². The standard InChI is InChI=1S/C17H10BrF17O/c1-36-9(7-2-4-8(18)5-3-7)6-10(19,20)11(21,22)12(23,24)13(25,26)14(27,28)15(29,30)16(31,32)17(33,34)35/h2-5,9H,6H2,1H3. The lowest BCUT2D eigenvalue weighted by Gasteiger charge is -2.43. The second kappa shape index (κ2) is 9.34. The summed E-state index contributed by atoms with van der Waals surface area (Å²) in [6.07, 6.45) is -12.8. The number of ether oxygens (including phenoxy) is 1. The molecule has 36 heavy (non-hydrogen) atoms. The Morgan fingerprint density at radius 1 is 0.583 bits per heavy atom. The van der Waals surface area contributed by atoms with Crippen molar-refractivity contribution in [2.45, 2.75) is 60.2 Å². The van der Waals surface area contributed by atoms with Crippen LogP contribution in [0.3, 0.4) is 0 Å². The van der Waals surface area contributed by atoms with E-state index in [0.717, 1.165) is 24.3 Å². The van der Waals surface area contributed by atoms with Crippen LogP contribution < -0.4 is 0 Å². The molecule has 0 aliphatic heterocycles. The SMILES string of the molecule is COC(CC(F)(F)C(F)(F)C(F)(F)C(F)(F)C(F)(F)C(F)(F)C(F)(F)C(F)(F)F)c1ccc(Br)cc1. The molecular formula is C17H10BrF17O.